The number of aromatic nitrogens is 3. The van der Waals surface area contributed by atoms with Gasteiger partial charge in [-0.1, -0.05) is 34.8 Å². The van der Waals surface area contributed by atoms with Crippen LogP contribution in [0.5, 0.6) is 5.88 Å². The summed E-state index contributed by atoms with van der Waals surface area (Å²) in [5.41, 5.74) is 3.62. The number of aryl methyl sites for hydroxylation is 1. The van der Waals surface area contributed by atoms with E-state index in [0.717, 1.165) is 12.8 Å². The van der Waals surface area contributed by atoms with Crippen molar-refractivity contribution in [1.29, 1.82) is 0 Å². The van der Waals surface area contributed by atoms with E-state index in [4.69, 9.17) is 44.3 Å². The van der Waals surface area contributed by atoms with Crippen molar-refractivity contribution in [2.24, 2.45) is 5.92 Å². The molecule has 1 aliphatic carbocycles. The third kappa shape index (κ3) is 7.91. The number of nitrogens with zero attached hydrogens (tertiary/aromatic N) is 3. The molecule has 0 aromatic carbocycles. The molecule has 4 rings (SSSR count). The highest BCUT2D eigenvalue weighted by atomic mass is 35.6. The second-order valence-electron chi connectivity index (χ2n) is 8.52. The molecule has 38 heavy (non-hydrogen) atoms. The molecule has 200 valence electrons. The number of hydrogen-bond acceptors (Lipinski definition) is 8. The Morgan fingerprint density at radius 1 is 1.11 bits per heavy atom. The average molecular weight is 581 g/mol. The van der Waals surface area contributed by atoms with Gasteiger partial charge in [-0.2, -0.15) is 0 Å². The molecule has 0 saturated heterocycles. The zero-order chi connectivity index (χ0) is 27.3. The number of aliphatic hydroxyl groups excluding tert-OH is 1. The summed E-state index contributed by atoms with van der Waals surface area (Å²) in [7, 11) is 0. The first kappa shape index (κ1) is 27.8. The number of alkyl halides is 3. The van der Waals surface area contributed by atoms with E-state index in [2.05, 4.69) is 25.6 Å². The van der Waals surface area contributed by atoms with Gasteiger partial charge in [0.15, 0.2) is 0 Å². The van der Waals surface area contributed by atoms with E-state index in [9.17, 15) is 14.7 Å². The summed E-state index contributed by atoms with van der Waals surface area (Å²) >= 11 is 16.9. The Morgan fingerprint density at radius 2 is 1.89 bits per heavy atom. The van der Waals surface area contributed by atoms with E-state index in [-0.39, 0.29) is 30.9 Å². The number of rotatable bonds is 9. The van der Waals surface area contributed by atoms with Crippen LogP contribution in [-0.2, 0) is 9.53 Å². The molecule has 0 aliphatic heterocycles. The lowest BCUT2D eigenvalue weighted by Gasteiger charge is -2.14. The maximum absolute atomic E-state index is 12.2. The van der Waals surface area contributed by atoms with Gasteiger partial charge >= 0.3 is 6.09 Å². The predicted molar refractivity (Wildman–Crippen MR) is 145 cm³/mol. The summed E-state index contributed by atoms with van der Waals surface area (Å²) < 4.78 is 8.80. The van der Waals surface area contributed by atoms with Crippen LogP contribution >= 0.6 is 34.8 Å². The summed E-state index contributed by atoms with van der Waals surface area (Å²) in [5.74, 6) is 0.673. The molecule has 3 aromatic rings. The molecule has 0 radical (unpaired) electrons. The maximum atomic E-state index is 12.2. The summed E-state index contributed by atoms with van der Waals surface area (Å²) in [6, 6.07) is 8.72. The van der Waals surface area contributed by atoms with Gasteiger partial charge in [0, 0.05) is 35.0 Å². The van der Waals surface area contributed by atoms with Crippen LogP contribution < -0.4 is 15.4 Å². The number of amides is 2. The zero-order valence-corrected chi connectivity index (χ0v) is 22.5. The summed E-state index contributed by atoms with van der Waals surface area (Å²) in [6.45, 7) is 1.24. The smallest absolute Gasteiger partial charge is 0.411 e. The second kappa shape index (κ2) is 12.1. The fourth-order valence-corrected chi connectivity index (χ4v) is 3.62. The summed E-state index contributed by atoms with van der Waals surface area (Å²) in [6.07, 6.45) is 4.01. The lowest BCUT2D eigenvalue weighted by atomic mass is 10.0. The van der Waals surface area contributed by atoms with Crippen LogP contribution in [0.2, 0.25) is 0 Å². The quantitative estimate of drug-likeness (QED) is 0.296. The number of anilines is 2. The number of halogens is 3. The molecular weight excluding hydrogens is 557 g/mol. The normalized spacial score (nSPS) is 13.1. The fourth-order valence-electron chi connectivity index (χ4n) is 3.46. The van der Waals surface area contributed by atoms with Gasteiger partial charge in [0.25, 0.3) is 0 Å². The highest BCUT2D eigenvalue weighted by Gasteiger charge is 2.29. The maximum Gasteiger partial charge on any atom is 0.411 e. The Morgan fingerprint density at radius 3 is 2.61 bits per heavy atom. The van der Waals surface area contributed by atoms with E-state index in [1.165, 1.54) is 6.20 Å². The van der Waals surface area contributed by atoms with Crippen LogP contribution in [0.3, 0.4) is 0 Å². The Hall–Kier alpha value is -3.18. The van der Waals surface area contributed by atoms with E-state index in [1.807, 2.05) is 13.0 Å². The Balaban J connectivity index is 1.64. The number of carbonyl (C=O) groups excluding carboxylic acids is 2. The van der Waals surface area contributed by atoms with E-state index in [0.29, 0.717) is 39.6 Å². The monoisotopic (exact) mass is 579 g/mol. The Bertz CT molecular complexity index is 1330. The molecule has 2 amide bonds. The average Bonchev–Trinajstić information content (AvgIpc) is 3.73. The van der Waals surface area contributed by atoms with Crippen molar-refractivity contribution >= 4 is 58.3 Å². The van der Waals surface area contributed by atoms with Crippen molar-refractivity contribution in [2.45, 2.75) is 23.6 Å². The number of hydrogen-bond donors (Lipinski definition) is 3. The molecule has 3 heterocycles. The molecule has 3 N–H and O–H groups in total. The Labute approximate surface area is 233 Å². The first-order valence-corrected chi connectivity index (χ1v) is 12.8. The number of ether oxygens (including phenoxy) is 2. The number of aliphatic hydroxyl groups is 1. The lowest BCUT2D eigenvalue weighted by molar-refractivity contribution is -0.117. The predicted octanol–water partition coefficient (Wildman–Crippen LogP) is 5.15. The van der Waals surface area contributed by atoms with Crippen LogP contribution in [-0.4, -0.2) is 55.7 Å². The van der Waals surface area contributed by atoms with E-state index in [1.54, 1.807) is 30.5 Å². The topological polar surface area (TPSA) is 136 Å². The third-order valence-corrected chi connectivity index (χ3v) is 5.74. The molecule has 0 unspecified atom stereocenters. The first-order valence-electron chi connectivity index (χ1n) is 11.6. The van der Waals surface area contributed by atoms with Gasteiger partial charge in [-0.05, 0) is 49.6 Å². The minimum Gasteiger partial charge on any atom is -0.475 e. The molecule has 13 heteroatoms. The van der Waals surface area contributed by atoms with Crippen molar-refractivity contribution in [3.05, 3.63) is 48.4 Å². The third-order valence-electron chi connectivity index (χ3n) is 5.41. The minimum atomic E-state index is -1.74. The lowest BCUT2D eigenvalue weighted by Crippen LogP contribution is -2.21. The fraction of sp³-hybridized carbons (Fsp3) is 0.320. The highest BCUT2D eigenvalue weighted by molar-refractivity contribution is 6.67. The van der Waals surface area contributed by atoms with Gasteiger partial charge in [-0.3, -0.25) is 15.1 Å². The summed E-state index contributed by atoms with van der Waals surface area (Å²) in [5, 5.41) is 14.6. The molecule has 0 bridgehead atoms. The van der Waals surface area contributed by atoms with E-state index >= 15 is 0 Å². The number of nitrogens with one attached hydrogen (secondary N) is 2. The van der Waals surface area contributed by atoms with Crippen LogP contribution in [0.4, 0.5) is 16.3 Å². The largest absolute Gasteiger partial charge is 0.475 e. The molecule has 1 saturated carbocycles. The van der Waals surface area contributed by atoms with Gasteiger partial charge in [0.05, 0.1) is 24.2 Å². The van der Waals surface area contributed by atoms with Crippen LogP contribution in [0.1, 0.15) is 18.5 Å². The van der Waals surface area contributed by atoms with Gasteiger partial charge in [0.1, 0.15) is 19.0 Å². The SMILES string of the molecule is Cc1ncc(NC(=O)OCC(Cl)(Cl)Cl)cc1-c1cc(OCCO)nc(-c2ccnc(NC(=O)C3CC3)c2)c1. The zero-order valence-electron chi connectivity index (χ0n) is 20.2. The van der Waals surface area contributed by atoms with E-state index < -0.39 is 16.5 Å². The van der Waals surface area contributed by atoms with Crippen molar-refractivity contribution in [1.82, 2.24) is 15.0 Å². The van der Waals surface area contributed by atoms with Gasteiger partial charge in [0.2, 0.25) is 15.6 Å². The van der Waals surface area contributed by atoms with Crippen LogP contribution in [0.15, 0.2) is 42.7 Å². The first-order chi connectivity index (χ1) is 18.1. The van der Waals surface area contributed by atoms with Crippen molar-refractivity contribution in [2.75, 3.05) is 30.5 Å². The molecular formula is C25H24Cl3N5O5. The standard InChI is InChI=1S/C25H24Cl3N5O5/c1-14-19(11-18(12-30-14)31-24(36)38-13-25(26,27)28)17-8-20(32-22(10-17)37-7-6-34)16-4-5-29-21(9-16)33-23(35)15-2-3-15/h4-5,8-12,15,34H,2-3,6-7,13H2,1H3,(H,31,36)(H,29,33,35). The minimum absolute atomic E-state index is 0.0383. The molecule has 1 aliphatic rings. The van der Waals surface area contributed by atoms with Gasteiger partial charge in [-0.15, -0.1) is 0 Å². The van der Waals surface area contributed by atoms with Crippen molar-refractivity contribution < 1.29 is 24.2 Å². The van der Waals surface area contributed by atoms with Gasteiger partial charge in [-0.25, -0.2) is 14.8 Å². The number of pyridine rings is 3. The molecule has 0 spiro atoms. The van der Waals surface area contributed by atoms with Crippen molar-refractivity contribution in [3.63, 3.8) is 0 Å². The summed E-state index contributed by atoms with van der Waals surface area (Å²) in [4.78, 5) is 37.5. The van der Waals surface area contributed by atoms with Crippen LogP contribution in [0.25, 0.3) is 22.4 Å². The highest BCUT2D eigenvalue weighted by Crippen LogP contribution is 2.33. The Kier molecular flexibility index (Phi) is 8.88. The van der Waals surface area contributed by atoms with Crippen LogP contribution in [0, 0.1) is 12.8 Å². The number of carbonyl (C=O) groups is 2. The molecule has 10 nitrogen and oxygen atoms in total. The van der Waals surface area contributed by atoms with Crippen molar-refractivity contribution in [3.8, 4) is 28.3 Å². The molecule has 0 atom stereocenters. The molecule has 1 fully saturated rings. The second-order valence-corrected chi connectivity index (χ2v) is 11.0. The molecule has 3 aromatic heterocycles. The van der Waals surface area contributed by atoms with Gasteiger partial charge < -0.3 is 19.9 Å².